The van der Waals surface area contributed by atoms with Crippen molar-refractivity contribution in [2.45, 2.75) is 13.8 Å². The molecule has 23 heavy (non-hydrogen) atoms. The molecule has 0 bridgehead atoms. The van der Waals surface area contributed by atoms with Crippen molar-refractivity contribution in [2.75, 3.05) is 11.9 Å². The van der Waals surface area contributed by atoms with Gasteiger partial charge in [-0.05, 0) is 26.6 Å². The molecule has 0 aromatic carbocycles. The maximum atomic E-state index is 11.8. The van der Waals surface area contributed by atoms with Crippen LogP contribution >= 0.6 is 22.9 Å². The van der Waals surface area contributed by atoms with Gasteiger partial charge in [0.15, 0.2) is 5.13 Å². The van der Waals surface area contributed by atoms with Crippen LogP contribution < -0.4 is 5.32 Å². The topological polar surface area (TPSA) is 89.4 Å². The summed E-state index contributed by atoms with van der Waals surface area (Å²) in [6.07, 6.45) is 3.14. The largest absolute Gasteiger partial charge is 0.462 e. The van der Waals surface area contributed by atoms with Crippen molar-refractivity contribution >= 4 is 52.8 Å². The van der Waals surface area contributed by atoms with E-state index in [-0.39, 0.29) is 11.1 Å². The molecule has 9 heteroatoms. The number of anilines is 2. The molecular formula is C14H14ClN5O2S. The van der Waals surface area contributed by atoms with Crippen LogP contribution in [-0.2, 0) is 4.74 Å². The normalized spacial score (nSPS) is 10.7. The van der Waals surface area contributed by atoms with Gasteiger partial charge in [0.1, 0.15) is 10.0 Å². The predicted molar refractivity (Wildman–Crippen MR) is 91.7 cm³/mol. The third-order valence-corrected chi connectivity index (χ3v) is 3.79. The van der Waals surface area contributed by atoms with Gasteiger partial charge < -0.3 is 4.74 Å². The van der Waals surface area contributed by atoms with Crippen LogP contribution in [0.2, 0.25) is 5.15 Å². The summed E-state index contributed by atoms with van der Waals surface area (Å²) in [6, 6.07) is 1.59. The zero-order chi connectivity index (χ0) is 16.8. The summed E-state index contributed by atoms with van der Waals surface area (Å²) in [5.74, 6) is -0.131. The molecule has 0 saturated heterocycles. The quantitative estimate of drug-likeness (QED) is 0.487. The highest BCUT2D eigenvalue weighted by atomic mass is 35.5. The molecule has 7 nitrogen and oxygen atoms in total. The van der Waals surface area contributed by atoms with Crippen LogP contribution in [0.15, 0.2) is 17.3 Å². The molecule has 0 unspecified atom stereocenters. The Bertz CT molecular complexity index is 760. The molecule has 2 heterocycles. The van der Waals surface area contributed by atoms with Crippen molar-refractivity contribution in [1.82, 2.24) is 15.0 Å². The number of hydrogen-bond donors (Lipinski definition) is 1. The molecule has 0 atom stereocenters. The Kier molecular flexibility index (Phi) is 5.78. The second kappa shape index (κ2) is 7.80. The number of nitrogens with one attached hydrogen (secondary N) is 1. The number of carbonyl (C=O) groups excluding carboxylic acids is 1. The first-order valence-electron chi connectivity index (χ1n) is 6.62. The Labute approximate surface area is 142 Å². The van der Waals surface area contributed by atoms with Gasteiger partial charge in [0.05, 0.1) is 18.0 Å². The van der Waals surface area contributed by atoms with Gasteiger partial charge in [-0.25, -0.2) is 19.7 Å². The first kappa shape index (κ1) is 17.0. The van der Waals surface area contributed by atoms with Crippen molar-refractivity contribution in [3.05, 3.63) is 33.7 Å². The van der Waals surface area contributed by atoms with E-state index in [2.05, 4.69) is 32.0 Å². The van der Waals surface area contributed by atoms with E-state index in [1.807, 2.05) is 0 Å². The molecule has 0 radical (unpaired) electrons. The number of esters is 1. The third kappa shape index (κ3) is 4.57. The molecule has 0 aliphatic heterocycles. The minimum absolute atomic E-state index is 0.269. The summed E-state index contributed by atoms with van der Waals surface area (Å²) in [7, 11) is 0. The molecule has 0 amide bonds. The first-order valence-corrected chi connectivity index (χ1v) is 7.81. The number of thiazole rings is 1. The lowest BCUT2D eigenvalue weighted by Gasteiger charge is -2.02. The minimum Gasteiger partial charge on any atom is -0.462 e. The minimum atomic E-state index is -0.400. The molecule has 0 aliphatic rings. The van der Waals surface area contributed by atoms with E-state index in [1.54, 1.807) is 26.0 Å². The lowest BCUT2D eigenvalue weighted by atomic mass is 10.4. The van der Waals surface area contributed by atoms with Crippen molar-refractivity contribution < 1.29 is 9.53 Å². The standard InChI is InChI=1S/C14H14ClN5O2S/c1-4-22-12(21)11-8(2)17-14(23-11)20-13-18-9(5-6-16-3)7-10(15)19-13/h5-7H,3-4H2,1-2H3,(H,17,18,19,20). The second-order valence-electron chi connectivity index (χ2n) is 4.22. The van der Waals surface area contributed by atoms with E-state index in [4.69, 9.17) is 16.3 Å². The lowest BCUT2D eigenvalue weighted by Crippen LogP contribution is -2.03. The fourth-order valence-corrected chi connectivity index (χ4v) is 2.68. The predicted octanol–water partition coefficient (Wildman–Crippen LogP) is 3.49. The fraction of sp³-hybridized carbons (Fsp3) is 0.214. The monoisotopic (exact) mass is 351 g/mol. The molecule has 0 fully saturated rings. The summed E-state index contributed by atoms with van der Waals surface area (Å²) < 4.78 is 4.98. The molecule has 1 N–H and O–H groups in total. The van der Waals surface area contributed by atoms with E-state index in [0.717, 1.165) is 0 Å². The van der Waals surface area contributed by atoms with Gasteiger partial charge >= 0.3 is 5.97 Å². The second-order valence-corrected chi connectivity index (χ2v) is 5.60. The van der Waals surface area contributed by atoms with Crippen LogP contribution in [0, 0.1) is 6.92 Å². The highest BCUT2D eigenvalue weighted by Gasteiger charge is 2.17. The number of aromatic nitrogens is 3. The number of halogens is 1. The summed E-state index contributed by atoms with van der Waals surface area (Å²) in [4.78, 5) is 28.4. The summed E-state index contributed by atoms with van der Waals surface area (Å²) >= 11 is 7.13. The molecule has 0 aliphatic carbocycles. The molecule has 2 aromatic heterocycles. The van der Waals surface area contributed by atoms with Crippen LogP contribution in [0.1, 0.15) is 28.0 Å². The summed E-state index contributed by atoms with van der Waals surface area (Å²) in [5.41, 5.74) is 1.15. The molecule has 0 spiro atoms. The molecule has 2 aromatic rings. The fourth-order valence-electron chi connectivity index (χ4n) is 1.64. The Morgan fingerprint density at radius 3 is 3.00 bits per heavy atom. The summed E-state index contributed by atoms with van der Waals surface area (Å²) in [5, 5.41) is 3.68. The number of nitrogens with zero attached hydrogens (tertiary/aromatic N) is 4. The number of ether oxygens (including phenoxy) is 1. The van der Waals surface area contributed by atoms with E-state index >= 15 is 0 Å². The number of rotatable bonds is 6. The Morgan fingerprint density at radius 2 is 2.30 bits per heavy atom. The molecule has 0 saturated carbocycles. The van der Waals surface area contributed by atoms with Crippen LogP contribution in [0.25, 0.3) is 6.08 Å². The van der Waals surface area contributed by atoms with Crippen molar-refractivity contribution in [1.29, 1.82) is 0 Å². The number of carbonyl (C=O) groups is 1. The number of aliphatic imine (C=N–C) groups is 1. The SMILES string of the molecule is C=NC=Cc1cc(Cl)nc(Nc2nc(C)c(C(=O)OCC)s2)n1. The smallest absolute Gasteiger partial charge is 0.350 e. The van der Waals surface area contributed by atoms with Crippen molar-refractivity contribution in [3.8, 4) is 0 Å². The third-order valence-electron chi connectivity index (χ3n) is 2.54. The van der Waals surface area contributed by atoms with Crippen LogP contribution in [-0.4, -0.2) is 34.2 Å². The molecule has 120 valence electrons. The van der Waals surface area contributed by atoms with Gasteiger partial charge in [-0.15, -0.1) is 0 Å². The van der Waals surface area contributed by atoms with Crippen LogP contribution in [0.3, 0.4) is 0 Å². The first-order chi connectivity index (χ1) is 11.0. The average molecular weight is 352 g/mol. The highest BCUT2D eigenvalue weighted by Crippen LogP contribution is 2.26. The average Bonchev–Trinajstić information content (AvgIpc) is 2.85. The number of hydrogen-bond acceptors (Lipinski definition) is 8. The van der Waals surface area contributed by atoms with Gasteiger partial charge in [-0.3, -0.25) is 10.3 Å². The molecule has 2 rings (SSSR count). The lowest BCUT2D eigenvalue weighted by molar-refractivity contribution is 0.0531. The van der Waals surface area contributed by atoms with Crippen molar-refractivity contribution in [2.24, 2.45) is 4.99 Å². The van der Waals surface area contributed by atoms with Crippen LogP contribution in [0.5, 0.6) is 0 Å². The Morgan fingerprint density at radius 1 is 1.52 bits per heavy atom. The van der Waals surface area contributed by atoms with Gasteiger partial charge in [0.2, 0.25) is 5.95 Å². The number of aryl methyl sites for hydroxylation is 1. The van der Waals surface area contributed by atoms with Gasteiger partial charge in [-0.1, -0.05) is 22.9 Å². The zero-order valence-corrected chi connectivity index (χ0v) is 14.1. The van der Waals surface area contributed by atoms with Crippen molar-refractivity contribution in [3.63, 3.8) is 0 Å². The van der Waals surface area contributed by atoms with Gasteiger partial charge in [0.25, 0.3) is 0 Å². The maximum absolute atomic E-state index is 11.8. The van der Waals surface area contributed by atoms with E-state index in [9.17, 15) is 4.79 Å². The molecular weight excluding hydrogens is 338 g/mol. The van der Waals surface area contributed by atoms with Crippen LogP contribution in [0.4, 0.5) is 11.1 Å². The van der Waals surface area contributed by atoms with Gasteiger partial charge in [-0.2, -0.15) is 0 Å². The van der Waals surface area contributed by atoms with Gasteiger partial charge in [0, 0.05) is 12.3 Å². The Balaban J connectivity index is 2.24. The highest BCUT2D eigenvalue weighted by molar-refractivity contribution is 7.17. The maximum Gasteiger partial charge on any atom is 0.350 e. The van der Waals surface area contributed by atoms with E-state index in [1.165, 1.54) is 17.5 Å². The summed E-state index contributed by atoms with van der Waals surface area (Å²) in [6.45, 7) is 7.14. The Hall–Kier alpha value is -2.32. The van der Waals surface area contributed by atoms with E-state index < -0.39 is 5.97 Å². The zero-order valence-electron chi connectivity index (χ0n) is 12.5. The van der Waals surface area contributed by atoms with E-state index in [0.29, 0.717) is 28.0 Å².